The van der Waals surface area contributed by atoms with Crippen molar-refractivity contribution in [3.05, 3.63) is 17.7 Å². The Kier molecular flexibility index (Phi) is 6.66. The molecule has 6 nitrogen and oxygen atoms in total. The first kappa shape index (κ1) is 16.1. The van der Waals surface area contributed by atoms with Crippen LogP contribution in [0.5, 0.6) is 17.2 Å². The molecule has 0 atom stereocenters. The molecular formula is C14H22N2O4. The molecular weight excluding hydrogens is 260 g/mol. The zero-order valence-corrected chi connectivity index (χ0v) is 12.2. The van der Waals surface area contributed by atoms with E-state index in [1.54, 1.807) is 0 Å². The SMILES string of the molecule is CCCNCc1cc(OC)c(OCC(N)=O)c(OC)c1. The minimum absolute atomic E-state index is 0.222. The molecule has 0 aliphatic carbocycles. The smallest absolute Gasteiger partial charge is 0.255 e. The van der Waals surface area contributed by atoms with E-state index in [9.17, 15) is 4.79 Å². The second-order valence-corrected chi connectivity index (χ2v) is 4.26. The first-order valence-corrected chi connectivity index (χ1v) is 6.49. The quantitative estimate of drug-likeness (QED) is 0.662. The van der Waals surface area contributed by atoms with Gasteiger partial charge in [-0.3, -0.25) is 4.79 Å². The highest BCUT2D eigenvalue weighted by Gasteiger charge is 2.15. The Balaban J connectivity index is 2.95. The molecule has 0 saturated heterocycles. The van der Waals surface area contributed by atoms with Crippen LogP contribution in [-0.2, 0) is 11.3 Å². The van der Waals surface area contributed by atoms with Gasteiger partial charge in [0, 0.05) is 6.54 Å². The van der Waals surface area contributed by atoms with E-state index >= 15 is 0 Å². The van der Waals surface area contributed by atoms with Crippen molar-refractivity contribution in [1.29, 1.82) is 0 Å². The summed E-state index contributed by atoms with van der Waals surface area (Å²) in [5, 5.41) is 3.30. The Hall–Kier alpha value is -1.95. The summed E-state index contributed by atoms with van der Waals surface area (Å²) in [6, 6.07) is 3.70. The zero-order chi connectivity index (χ0) is 15.0. The molecule has 0 aliphatic rings. The number of nitrogens with one attached hydrogen (secondary N) is 1. The monoisotopic (exact) mass is 282 g/mol. The fraction of sp³-hybridized carbons (Fsp3) is 0.500. The van der Waals surface area contributed by atoms with E-state index in [-0.39, 0.29) is 6.61 Å². The van der Waals surface area contributed by atoms with Crippen molar-refractivity contribution in [2.75, 3.05) is 27.4 Å². The molecule has 112 valence electrons. The van der Waals surface area contributed by atoms with Crippen LogP contribution in [0.2, 0.25) is 0 Å². The van der Waals surface area contributed by atoms with Crippen molar-refractivity contribution in [3.63, 3.8) is 0 Å². The van der Waals surface area contributed by atoms with Crippen LogP contribution < -0.4 is 25.3 Å². The minimum atomic E-state index is -0.553. The Morgan fingerprint density at radius 1 is 1.25 bits per heavy atom. The van der Waals surface area contributed by atoms with Gasteiger partial charge in [0.1, 0.15) is 0 Å². The highest BCUT2D eigenvalue weighted by molar-refractivity contribution is 5.75. The molecule has 0 spiro atoms. The topological polar surface area (TPSA) is 82.8 Å². The number of primary amides is 1. The maximum absolute atomic E-state index is 10.8. The van der Waals surface area contributed by atoms with Gasteiger partial charge < -0.3 is 25.3 Å². The van der Waals surface area contributed by atoms with E-state index in [2.05, 4.69) is 12.2 Å². The predicted molar refractivity (Wildman–Crippen MR) is 76.2 cm³/mol. The molecule has 0 aliphatic heterocycles. The van der Waals surface area contributed by atoms with E-state index in [4.69, 9.17) is 19.9 Å². The highest BCUT2D eigenvalue weighted by atomic mass is 16.5. The summed E-state index contributed by atoms with van der Waals surface area (Å²) >= 11 is 0. The lowest BCUT2D eigenvalue weighted by atomic mass is 10.1. The number of ether oxygens (including phenoxy) is 3. The van der Waals surface area contributed by atoms with Crippen molar-refractivity contribution in [1.82, 2.24) is 5.32 Å². The van der Waals surface area contributed by atoms with Gasteiger partial charge in [-0.15, -0.1) is 0 Å². The lowest BCUT2D eigenvalue weighted by molar-refractivity contribution is -0.119. The third-order valence-corrected chi connectivity index (χ3v) is 2.64. The van der Waals surface area contributed by atoms with Gasteiger partial charge >= 0.3 is 0 Å². The van der Waals surface area contributed by atoms with E-state index in [0.717, 1.165) is 18.5 Å². The van der Waals surface area contributed by atoms with Gasteiger partial charge in [-0.25, -0.2) is 0 Å². The number of hydrogen-bond acceptors (Lipinski definition) is 5. The van der Waals surface area contributed by atoms with Crippen LogP contribution in [0.3, 0.4) is 0 Å². The molecule has 0 bridgehead atoms. The molecule has 0 fully saturated rings. The van der Waals surface area contributed by atoms with E-state index in [0.29, 0.717) is 23.8 Å². The van der Waals surface area contributed by atoms with Gasteiger partial charge in [0.2, 0.25) is 5.75 Å². The summed E-state index contributed by atoms with van der Waals surface area (Å²) in [5.74, 6) is 0.855. The van der Waals surface area contributed by atoms with Crippen molar-refractivity contribution in [3.8, 4) is 17.2 Å². The van der Waals surface area contributed by atoms with Crippen molar-refractivity contribution in [2.24, 2.45) is 5.73 Å². The number of carbonyl (C=O) groups is 1. The molecule has 0 unspecified atom stereocenters. The van der Waals surface area contributed by atoms with Gasteiger partial charge in [0.15, 0.2) is 18.1 Å². The van der Waals surface area contributed by atoms with Crippen LogP contribution in [0, 0.1) is 0 Å². The molecule has 0 heterocycles. The first-order chi connectivity index (χ1) is 9.62. The molecule has 1 aromatic rings. The number of nitrogens with two attached hydrogens (primary N) is 1. The summed E-state index contributed by atoms with van der Waals surface area (Å²) < 4.78 is 15.9. The van der Waals surface area contributed by atoms with E-state index in [1.165, 1.54) is 14.2 Å². The zero-order valence-electron chi connectivity index (χ0n) is 12.2. The standard InChI is InChI=1S/C14H22N2O4/c1-4-5-16-8-10-6-11(18-2)14(12(7-10)19-3)20-9-13(15)17/h6-7,16H,4-5,8-9H2,1-3H3,(H2,15,17). The Morgan fingerprint density at radius 2 is 1.85 bits per heavy atom. The molecule has 0 saturated carbocycles. The minimum Gasteiger partial charge on any atom is -0.493 e. The Labute approximate surface area is 119 Å². The summed E-state index contributed by atoms with van der Waals surface area (Å²) in [4.78, 5) is 10.8. The van der Waals surface area contributed by atoms with Crippen LogP contribution in [0.25, 0.3) is 0 Å². The largest absolute Gasteiger partial charge is 0.493 e. The van der Waals surface area contributed by atoms with Crippen LogP contribution in [-0.4, -0.2) is 33.3 Å². The van der Waals surface area contributed by atoms with Crippen molar-refractivity contribution < 1.29 is 19.0 Å². The molecule has 3 N–H and O–H groups in total. The number of benzene rings is 1. The Bertz CT molecular complexity index is 424. The number of rotatable bonds is 9. The van der Waals surface area contributed by atoms with Gasteiger partial charge in [-0.2, -0.15) is 0 Å². The van der Waals surface area contributed by atoms with Crippen LogP contribution in [0.15, 0.2) is 12.1 Å². The fourth-order valence-corrected chi connectivity index (χ4v) is 1.73. The van der Waals surface area contributed by atoms with Gasteiger partial charge in [-0.05, 0) is 30.7 Å². The summed E-state index contributed by atoms with van der Waals surface area (Å²) in [6.07, 6.45) is 1.06. The van der Waals surface area contributed by atoms with Crippen LogP contribution in [0.1, 0.15) is 18.9 Å². The van der Waals surface area contributed by atoms with Crippen molar-refractivity contribution >= 4 is 5.91 Å². The number of amides is 1. The second-order valence-electron chi connectivity index (χ2n) is 4.26. The summed E-state index contributed by atoms with van der Waals surface area (Å²) in [6.45, 7) is 3.52. The van der Waals surface area contributed by atoms with Gasteiger partial charge in [0.05, 0.1) is 14.2 Å². The number of hydrogen-bond donors (Lipinski definition) is 2. The molecule has 1 aromatic carbocycles. The fourth-order valence-electron chi connectivity index (χ4n) is 1.73. The van der Waals surface area contributed by atoms with Crippen molar-refractivity contribution in [2.45, 2.75) is 19.9 Å². The molecule has 1 rings (SSSR count). The number of methoxy groups -OCH3 is 2. The van der Waals surface area contributed by atoms with E-state index in [1.807, 2.05) is 12.1 Å². The predicted octanol–water partition coefficient (Wildman–Crippen LogP) is 1.07. The van der Waals surface area contributed by atoms with Crippen LogP contribution >= 0.6 is 0 Å². The Morgan fingerprint density at radius 3 is 2.30 bits per heavy atom. The lowest BCUT2D eigenvalue weighted by Crippen LogP contribution is -2.20. The van der Waals surface area contributed by atoms with Gasteiger partial charge in [-0.1, -0.05) is 6.92 Å². The highest BCUT2D eigenvalue weighted by Crippen LogP contribution is 2.38. The van der Waals surface area contributed by atoms with Gasteiger partial charge in [0.25, 0.3) is 5.91 Å². The lowest BCUT2D eigenvalue weighted by Gasteiger charge is -2.15. The molecule has 0 aromatic heterocycles. The number of carbonyl (C=O) groups excluding carboxylic acids is 1. The maximum atomic E-state index is 10.8. The van der Waals surface area contributed by atoms with Crippen LogP contribution in [0.4, 0.5) is 0 Å². The maximum Gasteiger partial charge on any atom is 0.255 e. The second kappa shape index (κ2) is 8.27. The molecule has 6 heteroatoms. The molecule has 20 heavy (non-hydrogen) atoms. The summed E-state index contributed by atoms with van der Waals surface area (Å²) in [5.41, 5.74) is 6.09. The third kappa shape index (κ3) is 4.62. The third-order valence-electron chi connectivity index (χ3n) is 2.64. The molecule has 1 amide bonds. The molecule has 0 radical (unpaired) electrons. The average Bonchev–Trinajstić information content (AvgIpc) is 2.44. The normalized spacial score (nSPS) is 10.2. The summed E-state index contributed by atoms with van der Waals surface area (Å²) in [7, 11) is 3.07. The first-order valence-electron chi connectivity index (χ1n) is 6.49. The van der Waals surface area contributed by atoms with E-state index < -0.39 is 5.91 Å². The average molecular weight is 282 g/mol.